The molecule has 0 aromatic heterocycles. The molecule has 5 heteroatoms. The van der Waals surface area contributed by atoms with Gasteiger partial charge in [-0.05, 0) is 77.0 Å². The van der Waals surface area contributed by atoms with Crippen molar-refractivity contribution < 1.29 is 24.2 Å². The van der Waals surface area contributed by atoms with E-state index >= 15 is 0 Å². The molecule has 0 rings (SSSR count). The molecule has 0 aliphatic heterocycles. The van der Waals surface area contributed by atoms with E-state index in [1.807, 2.05) is 0 Å². The molecular weight excluding hydrogens is 789 g/mol. The third-order valence-electron chi connectivity index (χ3n) is 11.4. The average Bonchev–Trinajstić information content (AvgIpc) is 3.30. The molecule has 0 fully saturated rings. The lowest BCUT2D eigenvalue weighted by Crippen LogP contribution is -2.28. The predicted octanol–water partition coefficient (Wildman–Crippen LogP) is 18.0. The molecule has 0 saturated carbocycles. The van der Waals surface area contributed by atoms with Crippen LogP contribution in [0.25, 0.3) is 0 Å². The Kier molecular flexibility index (Phi) is 51.5. The van der Waals surface area contributed by atoms with E-state index in [4.69, 9.17) is 9.47 Å². The summed E-state index contributed by atoms with van der Waals surface area (Å²) in [6.45, 7) is 4.03. The summed E-state index contributed by atoms with van der Waals surface area (Å²) in [6, 6.07) is 0. The van der Waals surface area contributed by atoms with Gasteiger partial charge in [0, 0.05) is 12.8 Å². The fourth-order valence-electron chi connectivity index (χ4n) is 7.39. The van der Waals surface area contributed by atoms with Gasteiger partial charge in [0.05, 0.1) is 6.61 Å². The van der Waals surface area contributed by atoms with Crippen molar-refractivity contribution in [3.05, 3.63) is 97.2 Å². The van der Waals surface area contributed by atoms with Gasteiger partial charge in [0.25, 0.3) is 0 Å². The van der Waals surface area contributed by atoms with Crippen LogP contribution in [0.1, 0.15) is 245 Å². The minimum Gasteiger partial charge on any atom is -0.462 e. The van der Waals surface area contributed by atoms with Crippen molar-refractivity contribution in [2.24, 2.45) is 0 Å². The van der Waals surface area contributed by atoms with Crippen LogP contribution >= 0.6 is 0 Å². The summed E-state index contributed by atoms with van der Waals surface area (Å²) in [5.74, 6) is -0.597. The number of ether oxygens (including phenoxy) is 2. The van der Waals surface area contributed by atoms with Crippen LogP contribution in [-0.4, -0.2) is 36.4 Å². The summed E-state index contributed by atoms with van der Waals surface area (Å²) in [4.78, 5) is 24.5. The van der Waals surface area contributed by atoms with E-state index in [0.717, 1.165) is 96.3 Å². The van der Waals surface area contributed by atoms with Gasteiger partial charge in [-0.15, -0.1) is 0 Å². The Morgan fingerprint density at radius 2 is 0.672 bits per heavy atom. The second-order valence-electron chi connectivity index (χ2n) is 17.6. The molecule has 0 bridgehead atoms. The topological polar surface area (TPSA) is 72.8 Å². The van der Waals surface area contributed by atoms with Crippen molar-refractivity contribution in [3.8, 4) is 0 Å². The Bertz CT molecular complexity index is 1230. The number of rotatable bonds is 48. The fourth-order valence-corrected chi connectivity index (χ4v) is 7.39. The molecule has 0 aliphatic rings. The molecule has 366 valence electrons. The Balaban J connectivity index is 3.57. The number of aliphatic hydroxyl groups is 1. The van der Waals surface area contributed by atoms with Crippen molar-refractivity contribution in [2.45, 2.75) is 251 Å². The van der Waals surface area contributed by atoms with E-state index in [1.165, 1.54) is 122 Å². The standard InChI is InChI=1S/C59H100O5/c1-3-5-7-9-11-13-15-17-19-21-22-23-24-25-26-27-28-29-30-31-32-33-34-35-36-38-40-42-44-46-48-50-52-54-59(62)64-57(55-60)56-63-58(61)53-51-49-47-45-43-41-39-37-20-18-16-14-12-10-8-6-4-2/h5,7,11,13,17,19,22-23,25-26,28-29,31-32,34-35,57,60H,3-4,6,8-10,12,14-16,18,20-21,24,27,30,33,36-56H2,1-2H3/b7-5-,13-11-,19-17-,23-22-,26-25-,29-28-,32-31-,35-34-. The summed E-state index contributed by atoms with van der Waals surface area (Å²) in [5, 5.41) is 9.63. The summed E-state index contributed by atoms with van der Waals surface area (Å²) < 4.78 is 10.7. The number of allylic oxidation sites excluding steroid dienone is 16. The average molecular weight is 889 g/mol. The van der Waals surface area contributed by atoms with Crippen molar-refractivity contribution in [1.29, 1.82) is 0 Å². The Labute approximate surface area is 396 Å². The highest BCUT2D eigenvalue weighted by atomic mass is 16.6. The molecule has 1 unspecified atom stereocenters. The fraction of sp³-hybridized carbons (Fsp3) is 0.695. The van der Waals surface area contributed by atoms with E-state index in [9.17, 15) is 14.7 Å². The van der Waals surface area contributed by atoms with E-state index in [2.05, 4.69) is 111 Å². The number of hydrogen-bond acceptors (Lipinski definition) is 5. The number of carbonyl (C=O) groups excluding carboxylic acids is 2. The largest absolute Gasteiger partial charge is 0.462 e. The molecule has 0 aromatic rings. The van der Waals surface area contributed by atoms with Gasteiger partial charge < -0.3 is 14.6 Å². The van der Waals surface area contributed by atoms with Crippen molar-refractivity contribution in [3.63, 3.8) is 0 Å². The van der Waals surface area contributed by atoms with Crippen molar-refractivity contribution in [1.82, 2.24) is 0 Å². The van der Waals surface area contributed by atoms with Gasteiger partial charge in [-0.1, -0.05) is 252 Å². The second-order valence-corrected chi connectivity index (χ2v) is 17.6. The first-order valence-corrected chi connectivity index (χ1v) is 26.8. The Morgan fingerprint density at radius 1 is 0.375 bits per heavy atom. The lowest BCUT2D eigenvalue weighted by molar-refractivity contribution is -0.161. The number of esters is 2. The minimum atomic E-state index is -0.780. The van der Waals surface area contributed by atoms with E-state index in [1.54, 1.807) is 0 Å². The van der Waals surface area contributed by atoms with Gasteiger partial charge in [0.15, 0.2) is 6.10 Å². The molecule has 64 heavy (non-hydrogen) atoms. The van der Waals surface area contributed by atoms with Crippen LogP contribution in [0.2, 0.25) is 0 Å². The van der Waals surface area contributed by atoms with Gasteiger partial charge in [-0.25, -0.2) is 0 Å². The zero-order chi connectivity index (χ0) is 46.3. The first-order chi connectivity index (χ1) is 31.6. The Hall–Kier alpha value is -3.18. The monoisotopic (exact) mass is 889 g/mol. The highest BCUT2D eigenvalue weighted by Crippen LogP contribution is 2.15. The summed E-state index contributed by atoms with van der Waals surface area (Å²) >= 11 is 0. The number of unbranched alkanes of at least 4 members (excludes halogenated alkanes) is 24. The van der Waals surface area contributed by atoms with Crippen LogP contribution in [0.15, 0.2) is 97.2 Å². The number of hydrogen-bond donors (Lipinski definition) is 1. The van der Waals surface area contributed by atoms with Crippen LogP contribution in [0.5, 0.6) is 0 Å². The lowest BCUT2D eigenvalue weighted by Gasteiger charge is -2.15. The quantitative estimate of drug-likeness (QED) is 0.0374. The van der Waals surface area contributed by atoms with Crippen LogP contribution in [0.4, 0.5) is 0 Å². The van der Waals surface area contributed by atoms with Crippen molar-refractivity contribution >= 4 is 11.9 Å². The molecule has 0 saturated heterocycles. The summed E-state index contributed by atoms with van der Waals surface area (Å²) in [7, 11) is 0. The third kappa shape index (κ3) is 51.5. The molecule has 0 spiro atoms. The zero-order valence-electron chi connectivity index (χ0n) is 41.8. The summed E-state index contributed by atoms with van der Waals surface area (Å²) in [5.41, 5.74) is 0. The van der Waals surface area contributed by atoms with Crippen molar-refractivity contribution in [2.75, 3.05) is 13.2 Å². The maximum Gasteiger partial charge on any atom is 0.306 e. The molecule has 0 amide bonds. The molecule has 0 heterocycles. The molecule has 0 aromatic carbocycles. The molecule has 0 aliphatic carbocycles. The second kappa shape index (κ2) is 54.2. The minimum absolute atomic E-state index is 0.0708. The van der Waals surface area contributed by atoms with Crippen LogP contribution < -0.4 is 0 Å². The van der Waals surface area contributed by atoms with Crippen LogP contribution in [0, 0.1) is 0 Å². The van der Waals surface area contributed by atoms with Gasteiger partial charge in [-0.3, -0.25) is 9.59 Å². The SMILES string of the molecule is CC/C=C\C/C=C\C/C=C\C/C=C\C/C=C\C/C=C\C/C=C\C/C=C\CCCCCCCCCCC(=O)OC(CO)COC(=O)CCCCCCCCCCCCCCCCCCC. The maximum atomic E-state index is 12.3. The van der Waals surface area contributed by atoms with Gasteiger partial charge >= 0.3 is 11.9 Å². The normalized spacial score (nSPS) is 13.0. The Morgan fingerprint density at radius 3 is 1.02 bits per heavy atom. The first kappa shape index (κ1) is 60.8. The summed E-state index contributed by atoms with van der Waals surface area (Å²) in [6.07, 6.45) is 76.5. The van der Waals surface area contributed by atoms with E-state index in [-0.39, 0.29) is 25.2 Å². The highest BCUT2D eigenvalue weighted by Gasteiger charge is 2.16. The predicted molar refractivity (Wildman–Crippen MR) is 279 cm³/mol. The third-order valence-corrected chi connectivity index (χ3v) is 11.4. The number of carbonyl (C=O) groups is 2. The van der Waals surface area contributed by atoms with Gasteiger partial charge in [0.2, 0.25) is 0 Å². The smallest absolute Gasteiger partial charge is 0.306 e. The molecule has 1 atom stereocenters. The molecule has 5 nitrogen and oxygen atoms in total. The molecule has 0 radical (unpaired) electrons. The lowest BCUT2D eigenvalue weighted by atomic mass is 10.0. The molecule has 1 N–H and O–H groups in total. The molecular formula is C59H100O5. The van der Waals surface area contributed by atoms with Gasteiger partial charge in [-0.2, -0.15) is 0 Å². The highest BCUT2D eigenvalue weighted by molar-refractivity contribution is 5.70. The van der Waals surface area contributed by atoms with Gasteiger partial charge in [0.1, 0.15) is 6.61 Å². The maximum absolute atomic E-state index is 12.3. The zero-order valence-corrected chi connectivity index (χ0v) is 41.8. The van der Waals surface area contributed by atoms with Crippen LogP contribution in [-0.2, 0) is 19.1 Å². The van der Waals surface area contributed by atoms with E-state index < -0.39 is 6.10 Å². The number of aliphatic hydroxyl groups excluding tert-OH is 1. The van der Waals surface area contributed by atoms with Crippen LogP contribution in [0.3, 0.4) is 0 Å². The van der Waals surface area contributed by atoms with E-state index in [0.29, 0.717) is 12.8 Å². The first-order valence-electron chi connectivity index (χ1n) is 26.8.